The lowest BCUT2D eigenvalue weighted by Gasteiger charge is -2.18. The molecular formula is C15H17NO2S. The number of thioether (sulfide) groups is 1. The smallest absolute Gasteiger partial charge is 0.232 e. The molecule has 2 aliphatic rings. The highest BCUT2D eigenvalue weighted by Gasteiger charge is 2.43. The van der Waals surface area contributed by atoms with Gasteiger partial charge in [-0.2, -0.15) is 0 Å². The summed E-state index contributed by atoms with van der Waals surface area (Å²) in [5, 5.41) is 0.308. The molecule has 3 unspecified atom stereocenters. The lowest BCUT2D eigenvalue weighted by molar-refractivity contribution is -0.139. The summed E-state index contributed by atoms with van der Waals surface area (Å²) in [4.78, 5) is 26.9. The fraction of sp³-hybridized carbons (Fsp3) is 0.467. The molecule has 2 amide bonds. The average molecular weight is 275 g/mol. The Kier molecular flexibility index (Phi) is 3.13. The zero-order valence-corrected chi connectivity index (χ0v) is 11.9. The number of hydrogen-bond acceptors (Lipinski definition) is 3. The van der Waals surface area contributed by atoms with E-state index in [-0.39, 0.29) is 23.7 Å². The van der Waals surface area contributed by atoms with Gasteiger partial charge in [0.15, 0.2) is 0 Å². The molecule has 3 nitrogen and oxygen atoms in total. The van der Waals surface area contributed by atoms with Gasteiger partial charge in [-0.1, -0.05) is 32.0 Å². The molecule has 0 aliphatic carbocycles. The third-order valence-corrected chi connectivity index (χ3v) is 5.46. The first-order valence-corrected chi connectivity index (χ1v) is 7.55. The molecule has 0 N–H and O–H groups in total. The summed E-state index contributed by atoms with van der Waals surface area (Å²) in [6.07, 6.45) is 0.945. The maximum absolute atomic E-state index is 12.1. The van der Waals surface area contributed by atoms with Crippen molar-refractivity contribution >= 4 is 23.6 Å². The van der Waals surface area contributed by atoms with E-state index in [4.69, 9.17) is 0 Å². The van der Waals surface area contributed by atoms with Crippen LogP contribution in [0.4, 0.5) is 0 Å². The molecule has 3 rings (SSSR count). The Morgan fingerprint density at radius 3 is 2.42 bits per heavy atom. The second-order valence-electron chi connectivity index (χ2n) is 5.42. The standard InChI is InChI=1S/C15H17NO2S/c1-9-10(2)15(18)16(14(9)17)8-12-7-11-5-3-4-6-13(11)19-12/h3-6,9-10,12H,7-8H2,1-2H3. The SMILES string of the molecule is CC1C(=O)N(CC2Cc3ccccc3S2)C(=O)C1C. The summed E-state index contributed by atoms with van der Waals surface area (Å²) in [5.41, 5.74) is 1.33. The van der Waals surface area contributed by atoms with Crippen LogP contribution in [0.3, 0.4) is 0 Å². The van der Waals surface area contributed by atoms with E-state index >= 15 is 0 Å². The molecule has 19 heavy (non-hydrogen) atoms. The second kappa shape index (κ2) is 4.67. The van der Waals surface area contributed by atoms with E-state index in [0.717, 1.165) is 6.42 Å². The van der Waals surface area contributed by atoms with Crippen molar-refractivity contribution in [2.24, 2.45) is 11.8 Å². The van der Waals surface area contributed by atoms with Crippen molar-refractivity contribution in [2.45, 2.75) is 30.4 Å². The van der Waals surface area contributed by atoms with Crippen molar-refractivity contribution in [3.05, 3.63) is 29.8 Å². The van der Waals surface area contributed by atoms with Gasteiger partial charge in [0.25, 0.3) is 0 Å². The maximum atomic E-state index is 12.1. The van der Waals surface area contributed by atoms with Crippen molar-refractivity contribution in [3.8, 4) is 0 Å². The first-order valence-electron chi connectivity index (χ1n) is 6.67. The van der Waals surface area contributed by atoms with Crippen LogP contribution in [0.2, 0.25) is 0 Å². The number of amides is 2. The summed E-state index contributed by atoms with van der Waals surface area (Å²) >= 11 is 1.78. The zero-order chi connectivity index (χ0) is 13.6. The Labute approximate surface area is 117 Å². The van der Waals surface area contributed by atoms with Gasteiger partial charge in [-0.15, -0.1) is 11.8 Å². The van der Waals surface area contributed by atoms with Gasteiger partial charge in [0.05, 0.1) is 0 Å². The predicted molar refractivity (Wildman–Crippen MR) is 74.8 cm³/mol. The van der Waals surface area contributed by atoms with Gasteiger partial charge in [0, 0.05) is 28.5 Å². The molecule has 100 valence electrons. The van der Waals surface area contributed by atoms with Crippen molar-refractivity contribution in [1.82, 2.24) is 4.90 Å². The van der Waals surface area contributed by atoms with E-state index in [1.807, 2.05) is 26.0 Å². The Hall–Kier alpha value is -1.29. The van der Waals surface area contributed by atoms with E-state index < -0.39 is 0 Å². The number of benzene rings is 1. The number of carbonyl (C=O) groups excluding carboxylic acids is 2. The molecule has 1 saturated heterocycles. The lowest BCUT2D eigenvalue weighted by atomic mass is 10.00. The fourth-order valence-electron chi connectivity index (χ4n) is 2.77. The Morgan fingerprint density at radius 2 is 1.79 bits per heavy atom. The number of carbonyl (C=O) groups is 2. The van der Waals surface area contributed by atoms with Crippen LogP contribution < -0.4 is 0 Å². The van der Waals surface area contributed by atoms with Gasteiger partial charge in [0.2, 0.25) is 11.8 Å². The van der Waals surface area contributed by atoms with Gasteiger partial charge in [-0.25, -0.2) is 0 Å². The summed E-state index contributed by atoms with van der Waals surface area (Å²) in [5.74, 6) is -0.342. The summed E-state index contributed by atoms with van der Waals surface area (Å²) < 4.78 is 0. The normalized spacial score (nSPS) is 30.0. The highest BCUT2D eigenvalue weighted by molar-refractivity contribution is 8.00. The Morgan fingerprint density at radius 1 is 1.16 bits per heavy atom. The van der Waals surface area contributed by atoms with Crippen LogP contribution in [-0.4, -0.2) is 28.5 Å². The van der Waals surface area contributed by atoms with Crippen molar-refractivity contribution in [3.63, 3.8) is 0 Å². The third kappa shape index (κ3) is 2.08. The monoisotopic (exact) mass is 275 g/mol. The highest BCUT2D eigenvalue weighted by atomic mass is 32.2. The predicted octanol–water partition coefficient (Wildman–Crippen LogP) is 2.34. The van der Waals surface area contributed by atoms with E-state index in [2.05, 4.69) is 12.1 Å². The van der Waals surface area contributed by atoms with Crippen LogP contribution in [0.1, 0.15) is 19.4 Å². The molecule has 0 saturated carbocycles. The van der Waals surface area contributed by atoms with Crippen molar-refractivity contribution in [1.29, 1.82) is 0 Å². The van der Waals surface area contributed by atoms with Crippen molar-refractivity contribution < 1.29 is 9.59 Å². The molecule has 1 fully saturated rings. The van der Waals surface area contributed by atoms with Gasteiger partial charge >= 0.3 is 0 Å². The van der Waals surface area contributed by atoms with Crippen LogP contribution >= 0.6 is 11.8 Å². The van der Waals surface area contributed by atoms with E-state index in [9.17, 15) is 9.59 Å². The summed E-state index contributed by atoms with van der Waals surface area (Å²) in [6, 6.07) is 8.31. The first kappa shape index (κ1) is 12.7. The maximum Gasteiger partial charge on any atom is 0.232 e. The number of rotatable bonds is 2. The van der Waals surface area contributed by atoms with E-state index in [1.165, 1.54) is 15.4 Å². The Balaban J connectivity index is 1.71. The minimum absolute atomic E-state index is 0.00550. The molecule has 2 aliphatic heterocycles. The van der Waals surface area contributed by atoms with Gasteiger partial charge in [-0.05, 0) is 18.1 Å². The molecule has 1 aromatic carbocycles. The summed E-state index contributed by atoms with van der Waals surface area (Å²) in [6.45, 7) is 4.24. The van der Waals surface area contributed by atoms with Crippen LogP contribution in [0, 0.1) is 11.8 Å². The van der Waals surface area contributed by atoms with Crippen LogP contribution in [0.5, 0.6) is 0 Å². The minimum Gasteiger partial charge on any atom is -0.281 e. The van der Waals surface area contributed by atoms with E-state index in [1.54, 1.807) is 11.8 Å². The molecule has 0 radical (unpaired) electrons. The van der Waals surface area contributed by atoms with Gasteiger partial charge < -0.3 is 0 Å². The number of nitrogens with zero attached hydrogens (tertiary/aromatic N) is 1. The molecule has 1 aromatic rings. The molecule has 3 atom stereocenters. The topological polar surface area (TPSA) is 37.4 Å². The molecular weight excluding hydrogens is 258 g/mol. The van der Waals surface area contributed by atoms with Crippen LogP contribution in [0.15, 0.2) is 29.2 Å². The lowest BCUT2D eigenvalue weighted by Crippen LogP contribution is -2.36. The number of likely N-dealkylation sites (tertiary alicyclic amines) is 1. The number of imide groups is 1. The summed E-state index contributed by atoms with van der Waals surface area (Å²) in [7, 11) is 0. The fourth-order valence-corrected chi connectivity index (χ4v) is 4.07. The highest BCUT2D eigenvalue weighted by Crippen LogP contribution is 2.38. The molecule has 0 aromatic heterocycles. The minimum atomic E-state index is -0.165. The van der Waals surface area contributed by atoms with E-state index in [0.29, 0.717) is 11.8 Å². The average Bonchev–Trinajstić information content (AvgIpc) is 2.90. The van der Waals surface area contributed by atoms with Crippen LogP contribution in [0.25, 0.3) is 0 Å². The van der Waals surface area contributed by atoms with Gasteiger partial charge in [0.1, 0.15) is 0 Å². The molecule has 0 bridgehead atoms. The largest absolute Gasteiger partial charge is 0.281 e. The first-order chi connectivity index (χ1) is 9.08. The third-order valence-electron chi connectivity index (χ3n) is 4.16. The van der Waals surface area contributed by atoms with Crippen LogP contribution in [-0.2, 0) is 16.0 Å². The second-order valence-corrected chi connectivity index (χ2v) is 6.76. The van der Waals surface area contributed by atoms with Crippen molar-refractivity contribution in [2.75, 3.05) is 6.54 Å². The molecule has 2 heterocycles. The number of fused-ring (bicyclic) bond motifs is 1. The molecule has 4 heteroatoms. The Bertz CT molecular complexity index is 498. The molecule has 0 spiro atoms. The zero-order valence-electron chi connectivity index (χ0n) is 11.1. The quantitative estimate of drug-likeness (QED) is 0.778. The number of hydrogen-bond donors (Lipinski definition) is 0. The van der Waals surface area contributed by atoms with Gasteiger partial charge in [-0.3, -0.25) is 14.5 Å².